The number of nitrogens with one attached hydrogen (secondary N) is 1. The number of amides is 1. The van der Waals surface area contributed by atoms with Gasteiger partial charge in [0.15, 0.2) is 0 Å². The van der Waals surface area contributed by atoms with Gasteiger partial charge in [0.2, 0.25) is 5.91 Å². The van der Waals surface area contributed by atoms with E-state index in [-0.39, 0.29) is 22.8 Å². The molecule has 0 aromatic heterocycles. The molecule has 2 rings (SSSR count). The number of rotatable bonds is 7. The summed E-state index contributed by atoms with van der Waals surface area (Å²) in [6.45, 7) is 2.57. The molecule has 176 valence electrons. The molecule has 0 saturated carbocycles. The first-order valence-corrected chi connectivity index (χ1v) is 10.6. The van der Waals surface area contributed by atoms with E-state index in [1.54, 1.807) is 0 Å². The summed E-state index contributed by atoms with van der Waals surface area (Å²) in [6.07, 6.45) is -10.4. The summed E-state index contributed by atoms with van der Waals surface area (Å²) in [5, 5.41) is 12.6. The van der Waals surface area contributed by atoms with Crippen LogP contribution in [0.2, 0.25) is 0 Å². The minimum absolute atomic E-state index is 0.0783. The first-order valence-electron chi connectivity index (χ1n) is 9.30. The molecular weight excluding hydrogens is 460 g/mol. The Kier molecular flexibility index (Phi) is 7.77. The van der Waals surface area contributed by atoms with Crippen LogP contribution >= 0.6 is 0 Å². The van der Waals surface area contributed by atoms with Crippen molar-refractivity contribution >= 4 is 16.7 Å². The van der Waals surface area contributed by atoms with Crippen LogP contribution in [-0.4, -0.2) is 27.5 Å². The first-order chi connectivity index (χ1) is 14.6. The van der Waals surface area contributed by atoms with E-state index in [9.17, 15) is 40.5 Å². The summed E-state index contributed by atoms with van der Waals surface area (Å²) in [4.78, 5) is 12.4. The quantitative estimate of drug-likeness (QED) is 0.563. The normalized spacial score (nSPS) is 14.7. The third-order valence-electron chi connectivity index (χ3n) is 4.61. The minimum atomic E-state index is -4.60. The van der Waals surface area contributed by atoms with Gasteiger partial charge in [-0.15, -0.1) is 0 Å². The van der Waals surface area contributed by atoms with E-state index < -0.39 is 51.7 Å². The maximum Gasteiger partial charge on any atom is 0.416 e. The van der Waals surface area contributed by atoms with Gasteiger partial charge < -0.3 is 10.4 Å². The second-order valence-electron chi connectivity index (χ2n) is 7.74. The molecule has 2 atom stereocenters. The number of alkyl halides is 6. The molecule has 0 heterocycles. The van der Waals surface area contributed by atoms with Crippen molar-refractivity contribution in [2.75, 3.05) is 12.3 Å². The van der Waals surface area contributed by atoms with Crippen LogP contribution in [0.1, 0.15) is 36.6 Å². The zero-order chi connectivity index (χ0) is 24.3. The lowest BCUT2D eigenvalue weighted by atomic mass is 9.95. The van der Waals surface area contributed by atoms with Crippen LogP contribution in [-0.2, 0) is 27.9 Å². The molecule has 2 aromatic carbocycles. The summed E-state index contributed by atoms with van der Waals surface area (Å²) in [5.41, 5.74) is -2.94. The lowest BCUT2D eigenvalue weighted by Gasteiger charge is -2.24. The summed E-state index contributed by atoms with van der Waals surface area (Å²) >= 11 is 0. The second kappa shape index (κ2) is 9.62. The number of benzene rings is 2. The lowest BCUT2D eigenvalue weighted by Crippen LogP contribution is -2.42. The van der Waals surface area contributed by atoms with Gasteiger partial charge in [-0.05, 0) is 35.9 Å². The number of halogens is 6. The Morgan fingerprint density at radius 3 is 2.06 bits per heavy atom. The fourth-order valence-corrected chi connectivity index (χ4v) is 4.17. The Morgan fingerprint density at radius 1 is 0.969 bits per heavy atom. The van der Waals surface area contributed by atoms with E-state index in [4.69, 9.17) is 0 Å². The van der Waals surface area contributed by atoms with Gasteiger partial charge in [0, 0.05) is 17.2 Å². The predicted octanol–water partition coefficient (Wildman–Crippen LogP) is 4.71. The molecule has 1 amide bonds. The smallest absolute Gasteiger partial charge is 0.387 e. The Bertz CT molecular complexity index is 971. The molecule has 0 aliphatic rings. The molecule has 0 bridgehead atoms. The van der Waals surface area contributed by atoms with Gasteiger partial charge in [-0.3, -0.25) is 9.00 Å². The van der Waals surface area contributed by atoms with Gasteiger partial charge in [0.25, 0.3) is 0 Å². The van der Waals surface area contributed by atoms with Gasteiger partial charge in [-0.1, -0.05) is 32.0 Å². The highest BCUT2D eigenvalue weighted by Crippen LogP contribution is 2.31. The maximum absolute atomic E-state index is 12.9. The summed E-state index contributed by atoms with van der Waals surface area (Å²) in [7, 11) is -1.91. The Labute approximate surface area is 183 Å². The molecule has 2 N–H and O–H groups in total. The fourth-order valence-electron chi connectivity index (χ4n) is 2.73. The Balaban J connectivity index is 1.99. The number of carbonyl (C=O) groups is 1. The molecule has 2 unspecified atom stereocenters. The number of carbonyl (C=O) groups excluding carboxylic acids is 1. The van der Waals surface area contributed by atoms with Crippen molar-refractivity contribution in [3.05, 3.63) is 65.2 Å². The summed E-state index contributed by atoms with van der Waals surface area (Å²) in [5.74, 6) is -0.903. The number of hydrogen-bond donors (Lipinski definition) is 2. The largest absolute Gasteiger partial charge is 0.416 e. The third kappa shape index (κ3) is 6.80. The van der Waals surface area contributed by atoms with Crippen molar-refractivity contribution in [3.63, 3.8) is 0 Å². The van der Waals surface area contributed by atoms with Crippen molar-refractivity contribution in [3.8, 4) is 0 Å². The van der Waals surface area contributed by atoms with Crippen molar-refractivity contribution in [2.24, 2.45) is 5.41 Å². The predicted molar refractivity (Wildman–Crippen MR) is 106 cm³/mol. The van der Waals surface area contributed by atoms with Gasteiger partial charge >= 0.3 is 12.4 Å². The van der Waals surface area contributed by atoms with Crippen molar-refractivity contribution in [2.45, 2.75) is 37.2 Å². The maximum atomic E-state index is 12.9. The molecular formula is C21H21F6NO3S. The zero-order valence-electron chi connectivity index (χ0n) is 17.1. The molecule has 0 fully saturated rings. The van der Waals surface area contributed by atoms with Crippen LogP contribution in [0.25, 0.3) is 0 Å². The van der Waals surface area contributed by atoms with Gasteiger partial charge in [-0.25, -0.2) is 0 Å². The topological polar surface area (TPSA) is 66.4 Å². The number of aliphatic hydroxyl groups excluding tert-OH is 1. The average Bonchev–Trinajstić information content (AvgIpc) is 2.70. The fraction of sp³-hybridized carbons (Fsp3) is 0.381. The van der Waals surface area contributed by atoms with Crippen LogP contribution in [0.15, 0.2) is 53.4 Å². The van der Waals surface area contributed by atoms with Crippen molar-refractivity contribution in [1.82, 2.24) is 5.32 Å². The standard InChI is InChI=1S/C21H21F6NO3S/c1-19(2,12-32(31)16-5-3-4-15(10-16)21(25,26)27)18(30)28-11-17(29)13-6-8-14(9-7-13)20(22,23)24/h3-10,17,29H,11-12H2,1-2H3,(H,28,30). The molecule has 32 heavy (non-hydrogen) atoms. The van der Waals surface area contributed by atoms with E-state index >= 15 is 0 Å². The van der Waals surface area contributed by atoms with Gasteiger partial charge in [-0.2, -0.15) is 26.3 Å². The first kappa shape index (κ1) is 25.9. The monoisotopic (exact) mass is 481 g/mol. The number of aliphatic hydroxyl groups is 1. The molecule has 0 saturated heterocycles. The van der Waals surface area contributed by atoms with E-state index in [1.807, 2.05) is 0 Å². The SMILES string of the molecule is CC(C)(CS(=O)c1cccc(C(F)(F)F)c1)C(=O)NCC(O)c1ccc(C(F)(F)F)cc1. The molecule has 0 aliphatic carbocycles. The summed E-state index contributed by atoms with van der Waals surface area (Å²) < 4.78 is 88.9. The van der Waals surface area contributed by atoms with E-state index in [0.717, 1.165) is 42.5 Å². The molecule has 4 nitrogen and oxygen atoms in total. The average molecular weight is 481 g/mol. The second-order valence-corrected chi connectivity index (χ2v) is 9.20. The van der Waals surface area contributed by atoms with Crippen molar-refractivity contribution < 1.29 is 40.5 Å². The lowest BCUT2D eigenvalue weighted by molar-refractivity contribution is -0.138. The van der Waals surface area contributed by atoms with Crippen LogP contribution in [0.4, 0.5) is 26.3 Å². The molecule has 11 heteroatoms. The molecule has 0 aliphatic heterocycles. The van der Waals surface area contributed by atoms with Crippen LogP contribution in [0.3, 0.4) is 0 Å². The highest BCUT2D eigenvalue weighted by atomic mass is 32.2. The summed E-state index contributed by atoms with van der Waals surface area (Å²) in [6, 6.07) is 7.81. The highest BCUT2D eigenvalue weighted by molar-refractivity contribution is 7.85. The third-order valence-corrected chi connectivity index (χ3v) is 6.37. The zero-order valence-corrected chi connectivity index (χ0v) is 17.9. The minimum Gasteiger partial charge on any atom is -0.387 e. The Morgan fingerprint density at radius 2 is 1.53 bits per heavy atom. The van der Waals surface area contributed by atoms with E-state index in [1.165, 1.54) is 19.9 Å². The van der Waals surface area contributed by atoms with Crippen LogP contribution in [0.5, 0.6) is 0 Å². The van der Waals surface area contributed by atoms with Gasteiger partial charge in [0.1, 0.15) is 0 Å². The molecule has 0 spiro atoms. The van der Waals surface area contributed by atoms with Crippen LogP contribution < -0.4 is 5.32 Å². The Hall–Kier alpha value is -2.40. The number of hydrogen-bond acceptors (Lipinski definition) is 3. The highest BCUT2D eigenvalue weighted by Gasteiger charge is 2.34. The van der Waals surface area contributed by atoms with E-state index in [0.29, 0.717) is 0 Å². The van der Waals surface area contributed by atoms with E-state index in [2.05, 4.69) is 5.32 Å². The molecule has 0 radical (unpaired) electrons. The van der Waals surface area contributed by atoms with Crippen LogP contribution in [0, 0.1) is 5.41 Å². The van der Waals surface area contributed by atoms with Crippen molar-refractivity contribution in [1.29, 1.82) is 0 Å². The van der Waals surface area contributed by atoms with Gasteiger partial charge in [0.05, 0.1) is 33.4 Å². The molecule has 2 aromatic rings.